The number of carbonyl (C=O) groups is 2. The van der Waals surface area contributed by atoms with Gasteiger partial charge in [0.25, 0.3) is 11.8 Å². The monoisotopic (exact) mass is 504 g/mol. The Morgan fingerprint density at radius 3 is 2.30 bits per heavy atom. The Kier molecular flexibility index (Phi) is 7.23. The zero-order valence-corrected chi connectivity index (χ0v) is 18.0. The summed E-state index contributed by atoms with van der Waals surface area (Å²) < 4.78 is 66.4. The lowest BCUT2D eigenvalue weighted by molar-refractivity contribution is -0.138. The summed E-state index contributed by atoms with van der Waals surface area (Å²) in [5.41, 5.74) is -1.32. The second kappa shape index (κ2) is 9.75. The van der Waals surface area contributed by atoms with Gasteiger partial charge in [-0.1, -0.05) is 29.8 Å². The van der Waals surface area contributed by atoms with Crippen molar-refractivity contribution in [3.05, 3.63) is 80.0 Å². The molecule has 1 heterocycles. The molecule has 0 saturated carbocycles. The molecule has 0 bridgehead atoms. The molecular weight excluding hydrogens is 491 g/mol. The number of rotatable bonds is 6. The number of thiophene rings is 1. The van der Waals surface area contributed by atoms with E-state index < -0.39 is 46.5 Å². The van der Waals surface area contributed by atoms with Gasteiger partial charge in [-0.3, -0.25) is 9.59 Å². The molecule has 12 heteroatoms. The number of hydrogen-bond acceptors (Lipinski definition) is 4. The molecule has 0 fully saturated rings. The highest BCUT2D eigenvalue weighted by Gasteiger charge is 2.32. The van der Waals surface area contributed by atoms with Gasteiger partial charge in [-0.25, -0.2) is 8.78 Å². The van der Waals surface area contributed by atoms with Crippen LogP contribution in [0.3, 0.4) is 0 Å². The van der Waals surface area contributed by atoms with Crippen LogP contribution in [0.5, 0.6) is 5.75 Å². The average molecular weight is 505 g/mol. The normalized spacial score (nSPS) is 11.3. The summed E-state index contributed by atoms with van der Waals surface area (Å²) in [5.74, 6) is -5.62. The molecule has 3 aromatic rings. The van der Waals surface area contributed by atoms with Crippen molar-refractivity contribution in [2.45, 2.75) is 12.6 Å². The van der Waals surface area contributed by atoms with Gasteiger partial charge < -0.3 is 15.7 Å². The Balaban J connectivity index is 1.70. The Hall–Kier alpha value is -3.18. The minimum absolute atomic E-state index is 0.000535. The first-order chi connectivity index (χ1) is 15.5. The number of halogens is 6. The highest BCUT2D eigenvalue weighted by Crippen LogP contribution is 2.33. The number of carbonyl (C=O) groups excluding carboxylic acids is 2. The number of benzene rings is 2. The van der Waals surface area contributed by atoms with E-state index in [1.807, 2.05) is 0 Å². The number of aromatic hydroxyl groups is 1. The first-order valence-corrected chi connectivity index (χ1v) is 10.4. The molecule has 0 aliphatic rings. The number of anilines is 1. The summed E-state index contributed by atoms with van der Waals surface area (Å²) in [6.45, 7) is -0.136. The van der Waals surface area contributed by atoms with Gasteiger partial charge >= 0.3 is 6.18 Å². The zero-order valence-electron chi connectivity index (χ0n) is 16.4. The van der Waals surface area contributed by atoms with E-state index in [1.54, 1.807) is 0 Å². The largest absolute Gasteiger partial charge is 0.503 e. The minimum atomic E-state index is -4.54. The van der Waals surface area contributed by atoms with E-state index in [0.717, 1.165) is 17.4 Å². The third-order valence-corrected chi connectivity index (χ3v) is 5.70. The highest BCUT2D eigenvalue weighted by molar-refractivity contribution is 7.18. The Labute approximate surface area is 192 Å². The summed E-state index contributed by atoms with van der Waals surface area (Å²) in [4.78, 5) is 24.8. The maximum absolute atomic E-state index is 13.5. The van der Waals surface area contributed by atoms with Crippen molar-refractivity contribution in [1.82, 2.24) is 5.32 Å². The number of nitrogens with one attached hydrogen (secondary N) is 2. The smallest absolute Gasteiger partial charge is 0.416 e. The van der Waals surface area contributed by atoms with Gasteiger partial charge in [0.05, 0.1) is 15.6 Å². The molecule has 0 spiro atoms. The second-order valence-electron chi connectivity index (χ2n) is 6.70. The number of phenolic OH excluding ortho intramolecular Hbond substituents is 1. The fourth-order valence-electron chi connectivity index (χ4n) is 2.92. The quantitative estimate of drug-likeness (QED) is 0.381. The summed E-state index contributed by atoms with van der Waals surface area (Å²) in [6.07, 6.45) is -4.64. The zero-order chi connectivity index (χ0) is 24.3. The number of alkyl halides is 3. The Morgan fingerprint density at radius 1 is 1.03 bits per heavy atom. The van der Waals surface area contributed by atoms with Crippen molar-refractivity contribution in [3.8, 4) is 5.75 Å². The molecule has 0 aliphatic heterocycles. The summed E-state index contributed by atoms with van der Waals surface area (Å²) in [5, 5.41) is 13.9. The molecule has 0 radical (unpaired) electrons. The van der Waals surface area contributed by atoms with Gasteiger partial charge in [0, 0.05) is 12.1 Å². The van der Waals surface area contributed by atoms with Crippen molar-refractivity contribution in [2.75, 3.05) is 11.9 Å². The third kappa shape index (κ3) is 5.79. The summed E-state index contributed by atoms with van der Waals surface area (Å²) in [6, 6.07) is 7.43. The van der Waals surface area contributed by atoms with Crippen LogP contribution in [0.25, 0.3) is 0 Å². The van der Waals surface area contributed by atoms with Crippen LogP contribution in [-0.4, -0.2) is 23.5 Å². The van der Waals surface area contributed by atoms with E-state index in [1.165, 1.54) is 24.3 Å². The van der Waals surface area contributed by atoms with Gasteiger partial charge in [0.2, 0.25) is 0 Å². The lowest BCUT2D eigenvalue weighted by Gasteiger charge is -2.13. The first kappa shape index (κ1) is 24.5. The highest BCUT2D eigenvalue weighted by atomic mass is 35.5. The second-order valence-corrected chi connectivity index (χ2v) is 8.38. The molecule has 0 unspecified atom stereocenters. The first-order valence-electron chi connectivity index (χ1n) is 9.19. The summed E-state index contributed by atoms with van der Waals surface area (Å²) >= 11 is 6.71. The molecule has 2 aromatic carbocycles. The standard InChI is InChI=1S/C21H14ClF5N2O3S/c22-16-9-15(29-19(31)11-7-13(23)17(30)14(24)8-11)18(33-16)20(32)28-6-5-10-3-1-2-4-12(10)21(25,26)27/h1-4,7-9,30H,5-6H2,(H,28,32)(H,29,31). The number of amides is 2. The topological polar surface area (TPSA) is 78.4 Å². The predicted octanol–water partition coefficient (Wildman–Crippen LogP) is 5.63. The van der Waals surface area contributed by atoms with Crippen LogP contribution in [0.1, 0.15) is 31.2 Å². The third-order valence-electron chi connectivity index (χ3n) is 4.44. The van der Waals surface area contributed by atoms with Crippen molar-refractivity contribution < 1.29 is 36.6 Å². The van der Waals surface area contributed by atoms with Crippen molar-refractivity contribution in [1.29, 1.82) is 0 Å². The number of hydrogen-bond donors (Lipinski definition) is 3. The van der Waals surface area contributed by atoms with Crippen LogP contribution in [0, 0.1) is 11.6 Å². The van der Waals surface area contributed by atoms with E-state index in [0.29, 0.717) is 12.1 Å². The van der Waals surface area contributed by atoms with Crippen LogP contribution in [0.15, 0.2) is 42.5 Å². The van der Waals surface area contributed by atoms with Crippen LogP contribution < -0.4 is 10.6 Å². The van der Waals surface area contributed by atoms with E-state index in [9.17, 15) is 31.5 Å². The molecule has 174 valence electrons. The number of phenols is 1. The molecule has 2 amide bonds. The fraction of sp³-hybridized carbons (Fsp3) is 0.143. The van der Waals surface area contributed by atoms with E-state index in [-0.39, 0.29) is 33.4 Å². The molecule has 33 heavy (non-hydrogen) atoms. The molecule has 3 N–H and O–H groups in total. The SMILES string of the molecule is O=C(Nc1cc(Cl)sc1C(=O)NCCc1ccccc1C(F)(F)F)c1cc(F)c(O)c(F)c1. The Bertz CT molecular complexity index is 1190. The summed E-state index contributed by atoms with van der Waals surface area (Å²) in [7, 11) is 0. The molecule has 3 rings (SSSR count). The van der Waals surface area contributed by atoms with E-state index in [2.05, 4.69) is 10.6 Å². The maximum atomic E-state index is 13.5. The van der Waals surface area contributed by atoms with Crippen LogP contribution in [0.2, 0.25) is 4.34 Å². The Morgan fingerprint density at radius 2 is 1.67 bits per heavy atom. The van der Waals surface area contributed by atoms with Crippen molar-refractivity contribution in [3.63, 3.8) is 0 Å². The predicted molar refractivity (Wildman–Crippen MR) is 113 cm³/mol. The lowest BCUT2D eigenvalue weighted by Crippen LogP contribution is -2.26. The van der Waals surface area contributed by atoms with E-state index >= 15 is 0 Å². The van der Waals surface area contributed by atoms with Gasteiger partial charge in [-0.2, -0.15) is 13.2 Å². The van der Waals surface area contributed by atoms with Gasteiger partial charge in [-0.05, 0) is 36.2 Å². The molecule has 0 aliphatic carbocycles. The minimum Gasteiger partial charge on any atom is -0.503 e. The molecular formula is C21H14ClF5N2O3S. The van der Waals surface area contributed by atoms with E-state index in [4.69, 9.17) is 16.7 Å². The van der Waals surface area contributed by atoms with Gasteiger partial charge in [0.15, 0.2) is 17.4 Å². The lowest BCUT2D eigenvalue weighted by atomic mass is 10.0. The van der Waals surface area contributed by atoms with Crippen LogP contribution >= 0.6 is 22.9 Å². The van der Waals surface area contributed by atoms with Gasteiger partial charge in [-0.15, -0.1) is 11.3 Å². The van der Waals surface area contributed by atoms with Crippen LogP contribution in [0.4, 0.5) is 27.6 Å². The molecule has 0 saturated heterocycles. The van der Waals surface area contributed by atoms with Crippen LogP contribution in [-0.2, 0) is 12.6 Å². The molecule has 5 nitrogen and oxygen atoms in total. The van der Waals surface area contributed by atoms with Crippen molar-refractivity contribution in [2.24, 2.45) is 0 Å². The maximum Gasteiger partial charge on any atom is 0.416 e. The van der Waals surface area contributed by atoms with Crippen molar-refractivity contribution >= 4 is 40.4 Å². The average Bonchev–Trinajstić information content (AvgIpc) is 3.11. The van der Waals surface area contributed by atoms with Gasteiger partial charge in [0.1, 0.15) is 4.88 Å². The molecule has 1 aromatic heterocycles. The molecule has 0 atom stereocenters. The fourth-order valence-corrected chi connectivity index (χ4v) is 4.02.